The molecule has 1 saturated heterocycles. The first-order valence-electron chi connectivity index (χ1n) is 9.37. The molecule has 0 spiro atoms. The van der Waals surface area contributed by atoms with Crippen LogP contribution in [-0.2, 0) is 11.3 Å². The molecule has 0 bridgehead atoms. The summed E-state index contributed by atoms with van der Waals surface area (Å²) in [5.41, 5.74) is 2.94. The van der Waals surface area contributed by atoms with Gasteiger partial charge in [-0.2, -0.15) is 0 Å². The molecule has 0 N–H and O–H groups in total. The van der Waals surface area contributed by atoms with Crippen molar-refractivity contribution in [3.8, 4) is 0 Å². The van der Waals surface area contributed by atoms with Crippen LogP contribution in [0.3, 0.4) is 0 Å². The molecule has 2 heterocycles. The van der Waals surface area contributed by atoms with Gasteiger partial charge in [-0.1, -0.05) is 12.1 Å². The number of hydrogen-bond acceptors (Lipinski definition) is 5. The molecule has 0 radical (unpaired) electrons. The van der Waals surface area contributed by atoms with E-state index in [0.717, 1.165) is 35.2 Å². The van der Waals surface area contributed by atoms with Crippen LogP contribution in [0.4, 0.5) is 4.79 Å². The lowest BCUT2D eigenvalue weighted by Crippen LogP contribution is -2.49. The second-order valence-electron chi connectivity index (χ2n) is 8.22. The maximum Gasteiger partial charge on any atom is 0.410 e. The molecule has 6 nitrogen and oxygen atoms in total. The van der Waals surface area contributed by atoms with Crippen molar-refractivity contribution < 1.29 is 13.9 Å². The Morgan fingerprint density at radius 1 is 1.15 bits per heavy atom. The lowest BCUT2D eigenvalue weighted by Gasteiger charge is -2.35. The Balaban J connectivity index is 1.72. The van der Waals surface area contributed by atoms with Gasteiger partial charge in [-0.05, 0) is 51.3 Å². The number of benzene rings is 1. The standard InChI is InChI=1S/C21H28N2O4/c1-14-6-7-17-16(12-18(24)26-19(17)15(14)2)13-22-8-10-23(11-9-22)20(25)27-21(3,4)5/h6-7,12H,8-11,13H2,1-5H3. The maximum atomic E-state index is 12.2. The minimum absolute atomic E-state index is 0.265. The first-order valence-corrected chi connectivity index (χ1v) is 9.37. The van der Waals surface area contributed by atoms with Gasteiger partial charge in [0.05, 0.1) is 0 Å². The molecule has 146 valence electrons. The number of fused-ring (bicyclic) bond motifs is 1. The maximum absolute atomic E-state index is 12.2. The van der Waals surface area contributed by atoms with Gasteiger partial charge in [-0.15, -0.1) is 0 Å². The van der Waals surface area contributed by atoms with E-state index in [1.54, 1.807) is 11.0 Å². The third kappa shape index (κ3) is 4.50. The average molecular weight is 372 g/mol. The van der Waals surface area contributed by atoms with Gasteiger partial charge >= 0.3 is 11.7 Å². The summed E-state index contributed by atoms with van der Waals surface area (Å²) in [4.78, 5) is 28.2. The minimum Gasteiger partial charge on any atom is -0.444 e. The quantitative estimate of drug-likeness (QED) is 0.756. The van der Waals surface area contributed by atoms with Crippen LogP contribution in [0, 0.1) is 13.8 Å². The lowest BCUT2D eigenvalue weighted by molar-refractivity contribution is 0.0139. The van der Waals surface area contributed by atoms with E-state index < -0.39 is 5.60 Å². The summed E-state index contributed by atoms with van der Waals surface area (Å²) in [7, 11) is 0. The SMILES string of the molecule is Cc1ccc2c(CN3CCN(C(=O)OC(C)(C)C)CC3)cc(=O)oc2c1C. The van der Waals surface area contributed by atoms with E-state index >= 15 is 0 Å². The molecular formula is C21H28N2O4. The Kier molecular flexibility index (Phi) is 5.29. The molecule has 0 unspecified atom stereocenters. The Labute approximate surface area is 159 Å². The van der Waals surface area contributed by atoms with E-state index in [1.165, 1.54) is 0 Å². The predicted molar refractivity (Wildman–Crippen MR) is 105 cm³/mol. The summed E-state index contributed by atoms with van der Waals surface area (Å²) in [6, 6.07) is 5.66. The topological polar surface area (TPSA) is 63.0 Å². The van der Waals surface area contributed by atoms with Crippen LogP contribution < -0.4 is 5.63 Å². The van der Waals surface area contributed by atoms with Crippen molar-refractivity contribution in [2.24, 2.45) is 0 Å². The summed E-state index contributed by atoms with van der Waals surface area (Å²) < 4.78 is 10.9. The highest BCUT2D eigenvalue weighted by Gasteiger charge is 2.26. The molecule has 3 rings (SSSR count). The zero-order valence-corrected chi connectivity index (χ0v) is 16.8. The van der Waals surface area contributed by atoms with Gasteiger partial charge in [0.1, 0.15) is 11.2 Å². The van der Waals surface area contributed by atoms with E-state index in [-0.39, 0.29) is 11.7 Å². The fourth-order valence-corrected chi connectivity index (χ4v) is 3.31. The molecule has 6 heteroatoms. The van der Waals surface area contributed by atoms with Gasteiger partial charge in [-0.25, -0.2) is 9.59 Å². The van der Waals surface area contributed by atoms with Crippen molar-refractivity contribution in [3.63, 3.8) is 0 Å². The molecule has 1 amide bonds. The normalized spacial score (nSPS) is 16.0. The molecule has 1 aromatic carbocycles. The highest BCUT2D eigenvalue weighted by molar-refractivity contribution is 5.83. The molecule has 27 heavy (non-hydrogen) atoms. The van der Waals surface area contributed by atoms with E-state index in [0.29, 0.717) is 25.2 Å². The number of rotatable bonds is 2. The predicted octanol–water partition coefficient (Wildman–Crippen LogP) is 3.46. The highest BCUT2D eigenvalue weighted by Crippen LogP contribution is 2.24. The van der Waals surface area contributed by atoms with Crippen LogP contribution in [-0.4, -0.2) is 47.7 Å². The number of nitrogens with zero attached hydrogens (tertiary/aromatic N) is 2. The first kappa shape index (κ1) is 19.4. The number of ether oxygens (including phenoxy) is 1. The van der Waals surface area contributed by atoms with Crippen LogP contribution in [0.2, 0.25) is 0 Å². The van der Waals surface area contributed by atoms with E-state index in [9.17, 15) is 9.59 Å². The molecule has 0 atom stereocenters. The third-order valence-corrected chi connectivity index (χ3v) is 4.94. The summed E-state index contributed by atoms with van der Waals surface area (Å²) in [5.74, 6) is 0. The Morgan fingerprint density at radius 3 is 2.44 bits per heavy atom. The molecular weight excluding hydrogens is 344 g/mol. The lowest BCUT2D eigenvalue weighted by atomic mass is 10.0. The molecule has 1 aromatic heterocycles. The molecule has 0 saturated carbocycles. The highest BCUT2D eigenvalue weighted by atomic mass is 16.6. The monoisotopic (exact) mass is 372 g/mol. The molecule has 1 aliphatic heterocycles. The molecule has 2 aromatic rings. The smallest absolute Gasteiger partial charge is 0.410 e. The zero-order chi connectivity index (χ0) is 19.8. The van der Waals surface area contributed by atoms with Crippen molar-refractivity contribution >= 4 is 17.1 Å². The van der Waals surface area contributed by atoms with Crippen LogP contribution in [0.15, 0.2) is 27.4 Å². The van der Waals surface area contributed by atoms with Crippen LogP contribution in [0.1, 0.15) is 37.5 Å². The number of aryl methyl sites for hydroxylation is 2. The zero-order valence-electron chi connectivity index (χ0n) is 16.8. The Hall–Kier alpha value is -2.34. The summed E-state index contributed by atoms with van der Waals surface area (Å²) >= 11 is 0. The second kappa shape index (κ2) is 7.35. The van der Waals surface area contributed by atoms with E-state index in [1.807, 2.05) is 40.7 Å². The van der Waals surface area contributed by atoms with E-state index in [2.05, 4.69) is 11.0 Å². The molecule has 1 fully saturated rings. The summed E-state index contributed by atoms with van der Waals surface area (Å²) in [6.07, 6.45) is -0.265. The molecule has 0 aliphatic carbocycles. The number of carbonyl (C=O) groups excluding carboxylic acids is 1. The van der Waals surface area contributed by atoms with Gasteiger partial charge in [-0.3, -0.25) is 4.90 Å². The largest absolute Gasteiger partial charge is 0.444 e. The second-order valence-corrected chi connectivity index (χ2v) is 8.22. The van der Waals surface area contributed by atoms with Gasteiger partial charge in [0.15, 0.2) is 0 Å². The van der Waals surface area contributed by atoms with Crippen LogP contribution in [0.25, 0.3) is 11.0 Å². The van der Waals surface area contributed by atoms with Gasteiger partial charge < -0.3 is 14.1 Å². The number of carbonyl (C=O) groups is 1. The Bertz CT molecular complexity index is 903. The van der Waals surface area contributed by atoms with Crippen LogP contribution in [0.5, 0.6) is 0 Å². The minimum atomic E-state index is -0.485. The van der Waals surface area contributed by atoms with Crippen molar-refractivity contribution in [1.82, 2.24) is 9.80 Å². The summed E-state index contributed by atoms with van der Waals surface area (Å²) in [6.45, 7) is 13.0. The van der Waals surface area contributed by atoms with Crippen molar-refractivity contribution in [1.29, 1.82) is 0 Å². The third-order valence-electron chi connectivity index (χ3n) is 4.94. The molecule has 1 aliphatic rings. The van der Waals surface area contributed by atoms with Crippen LogP contribution >= 0.6 is 0 Å². The van der Waals surface area contributed by atoms with Gasteiger partial charge in [0.2, 0.25) is 0 Å². The summed E-state index contributed by atoms with van der Waals surface area (Å²) in [5, 5.41) is 0.979. The van der Waals surface area contributed by atoms with E-state index in [4.69, 9.17) is 9.15 Å². The van der Waals surface area contributed by atoms with Crippen molar-refractivity contribution in [2.45, 2.75) is 46.8 Å². The average Bonchev–Trinajstić information content (AvgIpc) is 2.57. The van der Waals surface area contributed by atoms with Crippen molar-refractivity contribution in [2.75, 3.05) is 26.2 Å². The fourth-order valence-electron chi connectivity index (χ4n) is 3.31. The number of piperazine rings is 1. The first-order chi connectivity index (χ1) is 12.6. The fraction of sp³-hybridized carbons (Fsp3) is 0.524. The number of hydrogen-bond donors (Lipinski definition) is 0. The number of amides is 1. The van der Waals surface area contributed by atoms with Gasteiger partial charge in [0.25, 0.3) is 0 Å². The van der Waals surface area contributed by atoms with Crippen molar-refractivity contribution in [3.05, 3.63) is 45.3 Å². The van der Waals surface area contributed by atoms with Gasteiger partial charge in [0, 0.05) is 44.2 Å². The Morgan fingerprint density at radius 2 is 1.81 bits per heavy atom.